The lowest BCUT2D eigenvalue weighted by Gasteiger charge is -2.13. The lowest BCUT2D eigenvalue weighted by Crippen LogP contribution is -2.27. The van der Waals surface area contributed by atoms with Crippen LogP contribution in [0.3, 0.4) is 0 Å². The minimum atomic E-state index is -0.609. The molecule has 0 spiro atoms. The van der Waals surface area contributed by atoms with Crippen LogP contribution >= 0.6 is 0 Å². The second-order valence-electron chi connectivity index (χ2n) is 7.13. The van der Waals surface area contributed by atoms with Crippen molar-refractivity contribution in [1.29, 1.82) is 0 Å². The summed E-state index contributed by atoms with van der Waals surface area (Å²) in [6.45, 7) is 2.00. The highest BCUT2D eigenvalue weighted by Gasteiger charge is 2.38. The molecule has 1 aliphatic heterocycles. The van der Waals surface area contributed by atoms with Crippen LogP contribution in [0.15, 0.2) is 0 Å². The molecule has 0 aromatic carbocycles. The van der Waals surface area contributed by atoms with Crippen LogP contribution in [0.4, 0.5) is 0 Å². The summed E-state index contributed by atoms with van der Waals surface area (Å²) in [7, 11) is 0. The molecule has 140 valence electrons. The van der Waals surface area contributed by atoms with E-state index in [0.717, 1.165) is 12.8 Å². The number of aliphatic hydroxyl groups is 1. The van der Waals surface area contributed by atoms with Crippen LogP contribution in [0.5, 0.6) is 0 Å². The van der Waals surface area contributed by atoms with Crippen molar-refractivity contribution in [1.82, 2.24) is 0 Å². The predicted molar refractivity (Wildman–Crippen MR) is 95.8 cm³/mol. The van der Waals surface area contributed by atoms with E-state index in [2.05, 4.69) is 6.92 Å². The highest BCUT2D eigenvalue weighted by Crippen LogP contribution is 2.25. The maximum Gasteiger partial charge on any atom is 0.307 e. The van der Waals surface area contributed by atoms with Crippen molar-refractivity contribution < 1.29 is 19.4 Å². The molecule has 0 aliphatic carbocycles. The fraction of sp³-hybridized carbons (Fsp3) is 0.900. The minimum absolute atomic E-state index is 0.0759. The number of Topliss-reactive ketones (excluding diaryl/α,β-unsaturated/α-hetero) is 1. The minimum Gasteiger partial charge on any atom is -0.459 e. The molecule has 1 rings (SSSR count). The van der Waals surface area contributed by atoms with Gasteiger partial charge in [-0.3, -0.25) is 9.59 Å². The number of aliphatic hydroxyl groups excluding tert-OH is 1. The van der Waals surface area contributed by atoms with Crippen LogP contribution in [0, 0.1) is 5.92 Å². The Kier molecular flexibility index (Phi) is 11.8. The molecule has 0 aromatic rings. The van der Waals surface area contributed by atoms with Crippen LogP contribution in [-0.2, 0) is 14.3 Å². The molecule has 0 aromatic heterocycles. The monoisotopic (exact) mass is 340 g/mol. The Hall–Kier alpha value is -0.900. The predicted octanol–water partition coefficient (Wildman–Crippen LogP) is 4.57. The molecule has 0 radical (unpaired) electrons. The first kappa shape index (κ1) is 21.1. The Morgan fingerprint density at radius 3 is 1.96 bits per heavy atom. The number of rotatable bonds is 15. The summed E-state index contributed by atoms with van der Waals surface area (Å²) in [6, 6.07) is 0. The van der Waals surface area contributed by atoms with Crippen molar-refractivity contribution in [2.75, 3.05) is 6.61 Å². The first-order valence-corrected chi connectivity index (χ1v) is 10.0. The molecule has 0 saturated carbocycles. The number of carbonyl (C=O) groups excluding carboxylic acids is 2. The highest BCUT2D eigenvalue weighted by molar-refractivity contribution is 5.88. The number of unbranched alkanes of at least 4 members (excludes halogenated alkanes) is 11. The average Bonchev–Trinajstić information content (AvgIpc) is 2.96. The largest absolute Gasteiger partial charge is 0.459 e. The summed E-state index contributed by atoms with van der Waals surface area (Å²) in [4.78, 5) is 23.3. The molecule has 0 unspecified atom stereocenters. The van der Waals surface area contributed by atoms with Gasteiger partial charge in [0.15, 0.2) is 0 Å². The number of carbonyl (C=O) groups is 2. The van der Waals surface area contributed by atoms with Gasteiger partial charge in [-0.15, -0.1) is 0 Å². The Morgan fingerprint density at radius 1 is 0.958 bits per heavy atom. The van der Waals surface area contributed by atoms with Crippen molar-refractivity contribution in [3.8, 4) is 0 Å². The van der Waals surface area contributed by atoms with E-state index in [1.165, 1.54) is 64.2 Å². The number of hydrogen-bond acceptors (Lipinski definition) is 4. The van der Waals surface area contributed by atoms with E-state index in [0.29, 0.717) is 6.42 Å². The van der Waals surface area contributed by atoms with E-state index in [4.69, 9.17) is 9.84 Å². The first-order valence-electron chi connectivity index (χ1n) is 10.0. The Labute approximate surface area is 147 Å². The fourth-order valence-corrected chi connectivity index (χ4v) is 3.42. The molecule has 1 heterocycles. The molecular weight excluding hydrogens is 304 g/mol. The number of ether oxygens (including phenoxy) is 1. The summed E-state index contributed by atoms with van der Waals surface area (Å²) in [6.07, 6.45) is 15.3. The first-order chi connectivity index (χ1) is 11.7. The van der Waals surface area contributed by atoms with Crippen LogP contribution in [0.25, 0.3) is 0 Å². The second-order valence-corrected chi connectivity index (χ2v) is 7.13. The van der Waals surface area contributed by atoms with Gasteiger partial charge in [0.2, 0.25) is 0 Å². The molecule has 2 atom stereocenters. The zero-order chi connectivity index (χ0) is 17.6. The standard InChI is InChI=1S/C20H36O4/c1-2-3-4-5-6-7-8-9-10-11-12-13-14-18(22)17-15-20(23)24-19(17)16-21/h17,19,21H,2-16H2,1H3/t17-,19-/m0/s1. The third kappa shape index (κ3) is 8.81. The van der Waals surface area contributed by atoms with Crippen molar-refractivity contribution in [3.05, 3.63) is 0 Å². The Bertz CT molecular complexity index is 354. The summed E-state index contributed by atoms with van der Waals surface area (Å²) >= 11 is 0. The van der Waals surface area contributed by atoms with E-state index >= 15 is 0 Å². The SMILES string of the molecule is CCCCCCCCCCCCCCC(=O)[C@@H]1CC(=O)O[C@H]1CO. The maximum atomic E-state index is 12.1. The molecule has 4 heteroatoms. The van der Waals surface area contributed by atoms with Gasteiger partial charge in [0.25, 0.3) is 0 Å². The second kappa shape index (κ2) is 13.4. The van der Waals surface area contributed by atoms with Crippen molar-refractivity contribution >= 4 is 11.8 Å². The molecule has 1 saturated heterocycles. The van der Waals surface area contributed by atoms with E-state index < -0.39 is 12.0 Å². The summed E-state index contributed by atoms with van der Waals surface area (Å²) in [5, 5.41) is 9.15. The summed E-state index contributed by atoms with van der Waals surface area (Å²) < 4.78 is 4.95. The van der Waals surface area contributed by atoms with E-state index in [1.807, 2.05) is 0 Å². The zero-order valence-corrected chi connectivity index (χ0v) is 15.4. The van der Waals surface area contributed by atoms with Crippen LogP contribution in [0.2, 0.25) is 0 Å². The van der Waals surface area contributed by atoms with Crippen molar-refractivity contribution in [3.63, 3.8) is 0 Å². The summed E-state index contributed by atoms with van der Waals surface area (Å²) in [5.74, 6) is -0.704. The van der Waals surface area contributed by atoms with E-state index in [-0.39, 0.29) is 24.8 Å². The van der Waals surface area contributed by atoms with Crippen molar-refractivity contribution in [2.24, 2.45) is 5.92 Å². The molecule has 4 nitrogen and oxygen atoms in total. The van der Waals surface area contributed by atoms with Gasteiger partial charge >= 0.3 is 5.97 Å². The fourth-order valence-electron chi connectivity index (χ4n) is 3.42. The van der Waals surface area contributed by atoms with Crippen LogP contribution < -0.4 is 0 Å². The third-order valence-electron chi connectivity index (χ3n) is 4.99. The van der Waals surface area contributed by atoms with E-state index in [9.17, 15) is 9.59 Å². The average molecular weight is 341 g/mol. The molecular formula is C20H36O4. The number of esters is 1. The maximum absolute atomic E-state index is 12.1. The number of hydrogen-bond donors (Lipinski definition) is 1. The zero-order valence-electron chi connectivity index (χ0n) is 15.4. The molecule has 1 aliphatic rings. The molecule has 1 fully saturated rings. The smallest absolute Gasteiger partial charge is 0.307 e. The topological polar surface area (TPSA) is 63.6 Å². The third-order valence-corrected chi connectivity index (χ3v) is 4.99. The molecule has 0 bridgehead atoms. The quantitative estimate of drug-likeness (QED) is 0.350. The van der Waals surface area contributed by atoms with Crippen LogP contribution in [-0.4, -0.2) is 29.6 Å². The lowest BCUT2D eigenvalue weighted by molar-refractivity contribution is -0.143. The van der Waals surface area contributed by atoms with Gasteiger partial charge in [-0.1, -0.05) is 77.6 Å². The number of ketones is 1. The van der Waals surface area contributed by atoms with Gasteiger partial charge in [0.05, 0.1) is 18.9 Å². The molecule has 1 N–H and O–H groups in total. The molecule has 24 heavy (non-hydrogen) atoms. The lowest BCUT2D eigenvalue weighted by atomic mass is 9.93. The Balaban J connectivity index is 1.91. The van der Waals surface area contributed by atoms with E-state index in [1.54, 1.807) is 0 Å². The van der Waals surface area contributed by atoms with Gasteiger partial charge in [0.1, 0.15) is 11.9 Å². The van der Waals surface area contributed by atoms with Gasteiger partial charge in [-0.2, -0.15) is 0 Å². The highest BCUT2D eigenvalue weighted by atomic mass is 16.6. The van der Waals surface area contributed by atoms with Crippen LogP contribution in [0.1, 0.15) is 96.8 Å². The normalized spacial score (nSPS) is 20.3. The Morgan fingerprint density at radius 2 is 1.46 bits per heavy atom. The molecule has 0 amide bonds. The van der Waals surface area contributed by atoms with Gasteiger partial charge in [-0.25, -0.2) is 0 Å². The van der Waals surface area contributed by atoms with Gasteiger partial charge in [-0.05, 0) is 6.42 Å². The van der Waals surface area contributed by atoms with Gasteiger partial charge < -0.3 is 9.84 Å². The summed E-state index contributed by atoms with van der Waals surface area (Å²) in [5.41, 5.74) is 0. The van der Waals surface area contributed by atoms with Crippen molar-refractivity contribution in [2.45, 2.75) is 103 Å². The van der Waals surface area contributed by atoms with Gasteiger partial charge in [0, 0.05) is 6.42 Å². The number of cyclic esters (lactones) is 1.